The fourth-order valence-corrected chi connectivity index (χ4v) is 2.89. The normalized spacial score (nSPS) is 10.5. The Morgan fingerprint density at radius 3 is 2.59 bits per heavy atom. The maximum absolute atomic E-state index is 13.0. The first-order valence-electron chi connectivity index (χ1n) is 8.49. The zero-order valence-electron chi connectivity index (χ0n) is 15.6. The number of carbonyl (C=O) groups excluding carboxylic acids is 1. The second kappa shape index (κ2) is 8.35. The first kappa shape index (κ1) is 18.4. The number of aromatic nitrogens is 3. The van der Waals surface area contributed by atoms with Gasteiger partial charge >= 0.3 is 0 Å². The molecule has 0 aliphatic heterocycles. The molecule has 7 heteroatoms. The van der Waals surface area contributed by atoms with Gasteiger partial charge in [-0.05, 0) is 29.3 Å². The Balaban J connectivity index is 1.78. The van der Waals surface area contributed by atoms with Crippen LogP contribution in [0.15, 0.2) is 55.1 Å². The molecule has 0 fully saturated rings. The quantitative estimate of drug-likeness (QED) is 0.643. The van der Waals surface area contributed by atoms with Crippen molar-refractivity contribution in [2.24, 2.45) is 0 Å². The molecule has 140 valence electrons. The van der Waals surface area contributed by atoms with Crippen molar-refractivity contribution in [1.29, 1.82) is 0 Å². The average molecular weight is 366 g/mol. The van der Waals surface area contributed by atoms with Crippen molar-refractivity contribution < 1.29 is 14.3 Å². The lowest BCUT2D eigenvalue weighted by Gasteiger charge is -2.20. The number of hydrogen-bond donors (Lipinski definition) is 0. The molecule has 2 aromatic carbocycles. The lowest BCUT2D eigenvalue weighted by molar-refractivity contribution is 0.0783. The summed E-state index contributed by atoms with van der Waals surface area (Å²) in [6.07, 6.45) is 3.11. The molecular weight excluding hydrogens is 344 g/mol. The molecule has 1 heterocycles. The minimum Gasteiger partial charge on any atom is -0.493 e. The van der Waals surface area contributed by atoms with E-state index in [-0.39, 0.29) is 5.91 Å². The van der Waals surface area contributed by atoms with Crippen LogP contribution in [0.1, 0.15) is 21.5 Å². The Kier molecular flexibility index (Phi) is 5.71. The standard InChI is InChI=1S/C20H22N4O3/c1-23(11-15-8-9-18(26-2)19(10-15)27-3)20(25)17-7-5-4-6-16(17)12-24-14-21-13-22-24/h4-10,13-14H,11-12H2,1-3H3. The van der Waals surface area contributed by atoms with Gasteiger partial charge in [-0.3, -0.25) is 4.79 Å². The number of hydrogen-bond acceptors (Lipinski definition) is 5. The summed E-state index contributed by atoms with van der Waals surface area (Å²) in [5.74, 6) is 1.25. The van der Waals surface area contributed by atoms with Crippen molar-refractivity contribution in [2.75, 3.05) is 21.3 Å². The summed E-state index contributed by atoms with van der Waals surface area (Å²) >= 11 is 0. The van der Waals surface area contributed by atoms with Crippen LogP contribution in [0.4, 0.5) is 0 Å². The second-order valence-corrected chi connectivity index (χ2v) is 6.10. The number of rotatable bonds is 7. The van der Waals surface area contributed by atoms with Crippen LogP contribution in [0.5, 0.6) is 11.5 Å². The predicted molar refractivity (Wildman–Crippen MR) is 101 cm³/mol. The van der Waals surface area contributed by atoms with Crippen LogP contribution in [0.3, 0.4) is 0 Å². The van der Waals surface area contributed by atoms with Crippen LogP contribution in [0.2, 0.25) is 0 Å². The molecule has 3 aromatic rings. The van der Waals surface area contributed by atoms with Gasteiger partial charge in [0.25, 0.3) is 5.91 Å². The van der Waals surface area contributed by atoms with Gasteiger partial charge in [0.15, 0.2) is 11.5 Å². The number of carbonyl (C=O) groups is 1. The first-order chi connectivity index (χ1) is 13.1. The van der Waals surface area contributed by atoms with E-state index in [1.807, 2.05) is 42.5 Å². The average Bonchev–Trinajstić information content (AvgIpc) is 3.20. The van der Waals surface area contributed by atoms with Gasteiger partial charge in [0.05, 0.1) is 20.8 Å². The smallest absolute Gasteiger partial charge is 0.254 e. The summed E-state index contributed by atoms with van der Waals surface area (Å²) in [4.78, 5) is 18.6. The van der Waals surface area contributed by atoms with E-state index in [9.17, 15) is 4.79 Å². The molecular formula is C20H22N4O3. The van der Waals surface area contributed by atoms with E-state index in [1.54, 1.807) is 37.2 Å². The van der Waals surface area contributed by atoms with Crippen LogP contribution in [0.25, 0.3) is 0 Å². The van der Waals surface area contributed by atoms with Gasteiger partial charge in [-0.2, -0.15) is 5.10 Å². The van der Waals surface area contributed by atoms with Crippen molar-refractivity contribution in [2.45, 2.75) is 13.1 Å². The fourth-order valence-electron chi connectivity index (χ4n) is 2.89. The molecule has 1 amide bonds. The molecule has 0 N–H and O–H groups in total. The largest absolute Gasteiger partial charge is 0.493 e. The van der Waals surface area contributed by atoms with E-state index < -0.39 is 0 Å². The summed E-state index contributed by atoms with van der Waals surface area (Å²) in [7, 11) is 4.97. The molecule has 1 aromatic heterocycles. The Morgan fingerprint density at radius 2 is 1.89 bits per heavy atom. The van der Waals surface area contributed by atoms with Crippen LogP contribution in [-0.4, -0.2) is 46.8 Å². The van der Waals surface area contributed by atoms with E-state index in [1.165, 1.54) is 6.33 Å². The summed E-state index contributed by atoms with van der Waals surface area (Å²) in [5, 5.41) is 4.11. The van der Waals surface area contributed by atoms with Crippen molar-refractivity contribution in [3.05, 3.63) is 71.8 Å². The van der Waals surface area contributed by atoms with Crippen LogP contribution in [0, 0.1) is 0 Å². The monoisotopic (exact) mass is 366 g/mol. The van der Waals surface area contributed by atoms with Crippen molar-refractivity contribution in [1.82, 2.24) is 19.7 Å². The van der Waals surface area contributed by atoms with Gasteiger partial charge in [0.1, 0.15) is 12.7 Å². The SMILES string of the molecule is COc1ccc(CN(C)C(=O)c2ccccc2Cn2cncn2)cc1OC. The highest BCUT2D eigenvalue weighted by molar-refractivity contribution is 5.95. The van der Waals surface area contributed by atoms with Gasteiger partial charge in [-0.15, -0.1) is 0 Å². The van der Waals surface area contributed by atoms with Crippen LogP contribution in [-0.2, 0) is 13.1 Å². The van der Waals surface area contributed by atoms with Crippen molar-refractivity contribution in [3.63, 3.8) is 0 Å². The summed E-state index contributed by atoms with van der Waals surface area (Å²) in [6.45, 7) is 0.947. The summed E-state index contributed by atoms with van der Waals surface area (Å²) in [5.41, 5.74) is 2.50. The highest BCUT2D eigenvalue weighted by Crippen LogP contribution is 2.28. The van der Waals surface area contributed by atoms with Gasteiger partial charge < -0.3 is 14.4 Å². The predicted octanol–water partition coefficient (Wildman–Crippen LogP) is 2.62. The lowest BCUT2D eigenvalue weighted by atomic mass is 10.1. The van der Waals surface area contributed by atoms with E-state index in [4.69, 9.17) is 9.47 Å². The lowest BCUT2D eigenvalue weighted by Crippen LogP contribution is -2.27. The molecule has 0 atom stereocenters. The molecule has 0 radical (unpaired) electrons. The zero-order valence-corrected chi connectivity index (χ0v) is 15.6. The molecule has 27 heavy (non-hydrogen) atoms. The minimum absolute atomic E-state index is 0.0551. The summed E-state index contributed by atoms with van der Waals surface area (Å²) in [6, 6.07) is 13.2. The topological polar surface area (TPSA) is 69.5 Å². The number of amides is 1. The molecule has 0 bridgehead atoms. The van der Waals surface area contributed by atoms with Gasteiger partial charge in [-0.1, -0.05) is 24.3 Å². The maximum Gasteiger partial charge on any atom is 0.254 e. The molecule has 7 nitrogen and oxygen atoms in total. The van der Waals surface area contributed by atoms with E-state index in [0.29, 0.717) is 30.2 Å². The van der Waals surface area contributed by atoms with E-state index in [2.05, 4.69) is 10.1 Å². The second-order valence-electron chi connectivity index (χ2n) is 6.10. The Labute approximate surface area is 158 Å². The Morgan fingerprint density at radius 1 is 1.11 bits per heavy atom. The Hall–Kier alpha value is -3.35. The summed E-state index contributed by atoms with van der Waals surface area (Å²) < 4.78 is 12.3. The van der Waals surface area contributed by atoms with Crippen molar-refractivity contribution in [3.8, 4) is 11.5 Å². The highest BCUT2D eigenvalue weighted by Gasteiger charge is 2.17. The molecule has 0 unspecified atom stereocenters. The molecule has 0 spiro atoms. The first-order valence-corrected chi connectivity index (χ1v) is 8.49. The fraction of sp³-hybridized carbons (Fsp3) is 0.250. The molecule has 0 aliphatic rings. The van der Waals surface area contributed by atoms with Gasteiger partial charge in [0, 0.05) is 19.2 Å². The van der Waals surface area contributed by atoms with Crippen molar-refractivity contribution >= 4 is 5.91 Å². The highest BCUT2D eigenvalue weighted by atomic mass is 16.5. The molecule has 0 saturated heterocycles. The van der Waals surface area contributed by atoms with Gasteiger partial charge in [0.2, 0.25) is 0 Å². The molecule has 3 rings (SSSR count). The number of benzene rings is 2. The number of nitrogens with zero attached hydrogens (tertiary/aromatic N) is 4. The molecule has 0 aliphatic carbocycles. The maximum atomic E-state index is 13.0. The number of ether oxygens (including phenoxy) is 2. The van der Waals surface area contributed by atoms with Crippen LogP contribution >= 0.6 is 0 Å². The third-order valence-corrected chi connectivity index (χ3v) is 4.26. The third-order valence-electron chi connectivity index (χ3n) is 4.26. The number of methoxy groups -OCH3 is 2. The minimum atomic E-state index is -0.0551. The third kappa shape index (κ3) is 4.25. The van der Waals surface area contributed by atoms with E-state index >= 15 is 0 Å². The molecule has 0 saturated carbocycles. The Bertz CT molecular complexity index is 909. The van der Waals surface area contributed by atoms with E-state index in [0.717, 1.165) is 11.1 Å². The van der Waals surface area contributed by atoms with Gasteiger partial charge in [-0.25, -0.2) is 9.67 Å². The van der Waals surface area contributed by atoms with Crippen LogP contribution < -0.4 is 9.47 Å². The zero-order chi connectivity index (χ0) is 19.2.